The summed E-state index contributed by atoms with van der Waals surface area (Å²) < 4.78 is 0. The first-order valence-corrected chi connectivity index (χ1v) is 13.6. The largest absolute Gasteiger partial charge is 0.340 e. The molecule has 5 rings (SSSR count). The van der Waals surface area contributed by atoms with Crippen molar-refractivity contribution in [1.82, 2.24) is 20.0 Å². The molecule has 186 valence electrons. The molecule has 33 heavy (non-hydrogen) atoms. The van der Waals surface area contributed by atoms with Crippen LogP contribution in [-0.2, 0) is 4.79 Å². The first-order chi connectivity index (χ1) is 15.9. The Morgan fingerprint density at radius 3 is 2.52 bits per heavy atom. The maximum absolute atomic E-state index is 12.8. The quantitative estimate of drug-likeness (QED) is 0.529. The fourth-order valence-electron chi connectivity index (χ4n) is 6.66. The number of allylic oxidation sites excluding steroid dienone is 1. The average molecular weight is 459 g/mol. The highest BCUT2D eigenvalue weighted by molar-refractivity contribution is 5.76. The summed E-state index contributed by atoms with van der Waals surface area (Å²) in [4.78, 5) is 31.9. The van der Waals surface area contributed by atoms with Crippen LogP contribution in [0.2, 0.25) is 0 Å². The van der Waals surface area contributed by atoms with Crippen molar-refractivity contribution in [3.05, 3.63) is 11.6 Å². The average Bonchev–Trinajstić information content (AvgIpc) is 3.34. The number of carbonyl (C=O) groups is 2. The SMILES string of the molecule is CCNC(=O)N(CCN1CCN(C(=O)CCC2CCCC2)CC1)CC1=CCC2CC1C2(C)C. The fourth-order valence-corrected chi connectivity index (χ4v) is 6.66. The monoisotopic (exact) mass is 458 g/mol. The third-order valence-electron chi connectivity index (χ3n) is 9.22. The molecule has 6 nitrogen and oxygen atoms in total. The molecule has 3 amide bonds. The van der Waals surface area contributed by atoms with E-state index in [1.165, 1.54) is 44.1 Å². The van der Waals surface area contributed by atoms with Gasteiger partial charge in [-0.05, 0) is 49.4 Å². The zero-order valence-electron chi connectivity index (χ0n) is 21.3. The Morgan fingerprint density at radius 2 is 1.88 bits per heavy atom. The lowest BCUT2D eigenvalue weighted by molar-refractivity contribution is -0.133. The molecule has 4 aliphatic carbocycles. The van der Waals surface area contributed by atoms with Crippen molar-refractivity contribution in [3.8, 4) is 0 Å². The molecule has 0 aromatic carbocycles. The lowest BCUT2D eigenvalue weighted by Gasteiger charge is -2.57. The number of fused-ring (bicyclic) bond motifs is 1. The van der Waals surface area contributed by atoms with Gasteiger partial charge in [0.05, 0.1) is 0 Å². The number of piperazine rings is 1. The van der Waals surface area contributed by atoms with Crippen LogP contribution >= 0.6 is 0 Å². The molecule has 1 N–H and O–H groups in total. The minimum Gasteiger partial charge on any atom is -0.340 e. The molecule has 1 saturated heterocycles. The molecule has 6 heteroatoms. The smallest absolute Gasteiger partial charge is 0.317 e. The summed E-state index contributed by atoms with van der Waals surface area (Å²) in [6.45, 7) is 13.3. The minimum atomic E-state index is 0.0541. The van der Waals surface area contributed by atoms with Gasteiger partial charge < -0.3 is 15.1 Å². The van der Waals surface area contributed by atoms with Gasteiger partial charge in [0.1, 0.15) is 0 Å². The molecule has 3 fully saturated rings. The van der Waals surface area contributed by atoms with Crippen molar-refractivity contribution < 1.29 is 9.59 Å². The van der Waals surface area contributed by atoms with Crippen LogP contribution in [0.25, 0.3) is 0 Å². The third-order valence-corrected chi connectivity index (χ3v) is 9.22. The van der Waals surface area contributed by atoms with E-state index in [0.29, 0.717) is 23.8 Å². The van der Waals surface area contributed by atoms with E-state index in [2.05, 4.69) is 35.0 Å². The standard InChI is InChI=1S/C27H46N4O2/c1-4-28-26(33)31(20-22-10-11-23-19-24(22)27(23,2)3)18-15-29-13-16-30(17-14-29)25(32)12-9-21-7-5-6-8-21/h10,21,23-24H,4-9,11-20H2,1-3H3,(H,28,33). The van der Waals surface area contributed by atoms with Crippen molar-refractivity contribution in [3.63, 3.8) is 0 Å². The van der Waals surface area contributed by atoms with E-state index < -0.39 is 0 Å². The van der Waals surface area contributed by atoms with Gasteiger partial charge >= 0.3 is 6.03 Å². The van der Waals surface area contributed by atoms with Gasteiger partial charge in [0.2, 0.25) is 5.91 Å². The number of nitrogens with one attached hydrogen (secondary N) is 1. The predicted octanol–water partition coefficient (Wildman–Crippen LogP) is 4.12. The predicted molar refractivity (Wildman–Crippen MR) is 133 cm³/mol. The zero-order chi connectivity index (χ0) is 23.4. The van der Waals surface area contributed by atoms with Gasteiger partial charge in [0, 0.05) is 58.8 Å². The maximum Gasteiger partial charge on any atom is 0.317 e. The number of nitrogens with zero attached hydrogens (tertiary/aromatic N) is 3. The first kappa shape index (κ1) is 24.6. The van der Waals surface area contributed by atoms with Gasteiger partial charge in [-0.15, -0.1) is 0 Å². The van der Waals surface area contributed by atoms with E-state index in [4.69, 9.17) is 0 Å². The number of hydrogen-bond donors (Lipinski definition) is 1. The molecular formula is C27H46N4O2. The number of hydrogen-bond acceptors (Lipinski definition) is 3. The van der Waals surface area contributed by atoms with Gasteiger partial charge in [-0.2, -0.15) is 0 Å². The van der Waals surface area contributed by atoms with Crippen molar-refractivity contribution >= 4 is 11.9 Å². The maximum atomic E-state index is 12.8. The highest BCUT2D eigenvalue weighted by Crippen LogP contribution is 2.59. The number of amides is 3. The molecule has 0 aromatic heterocycles. The van der Waals surface area contributed by atoms with Crippen LogP contribution in [0.15, 0.2) is 11.6 Å². The summed E-state index contributed by atoms with van der Waals surface area (Å²) >= 11 is 0. The Balaban J connectivity index is 1.22. The summed E-state index contributed by atoms with van der Waals surface area (Å²) in [6.07, 6.45) is 12.0. The lowest BCUT2D eigenvalue weighted by Crippen LogP contribution is -2.53. The van der Waals surface area contributed by atoms with E-state index in [9.17, 15) is 9.59 Å². The molecule has 0 spiro atoms. The molecular weight excluding hydrogens is 412 g/mol. The van der Waals surface area contributed by atoms with Crippen LogP contribution in [0.4, 0.5) is 4.79 Å². The highest BCUT2D eigenvalue weighted by atomic mass is 16.2. The van der Waals surface area contributed by atoms with Crippen molar-refractivity contribution in [2.24, 2.45) is 23.2 Å². The second-order valence-corrected chi connectivity index (χ2v) is 11.5. The third kappa shape index (κ3) is 5.75. The van der Waals surface area contributed by atoms with Crippen LogP contribution in [0.3, 0.4) is 0 Å². The Hall–Kier alpha value is -1.56. The van der Waals surface area contributed by atoms with Crippen LogP contribution < -0.4 is 5.32 Å². The van der Waals surface area contributed by atoms with Crippen molar-refractivity contribution in [1.29, 1.82) is 0 Å². The molecule has 2 saturated carbocycles. The van der Waals surface area contributed by atoms with Crippen LogP contribution in [0.1, 0.15) is 72.1 Å². The Labute approximate surface area is 201 Å². The molecule has 1 aliphatic heterocycles. The van der Waals surface area contributed by atoms with E-state index in [0.717, 1.165) is 70.5 Å². The summed E-state index contributed by atoms with van der Waals surface area (Å²) in [5, 5.41) is 3.02. The Bertz CT molecular complexity index is 720. The topological polar surface area (TPSA) is 55.9 Å². The summed E-state index contributed by atoms with van der Waals surface area (Å²) in [5.74, 6) is 2.58. The molecule has 1 heterocycles. The van der Waals surface area contributed by atoms with Gasteiger partial charge in [-0.3, -0.25) is 9.69 Å². The number of carbonyl (C=O) groups excluding carboxylic acids is 2. The van der Waals surface area contributed by atoms with E-state index in [-0.39, 0.29) is 6.03 Å². The summed E-state index contributed by atoms with van der Waals surface area (Å²) in [7, 11) is 0. The van der Waals surface area contributed by atoms with E-state index in [1.807, 2.05) is 11.8 Å². The van der Waals surface area contributed by atoms with Gasteiger partial charge in [0.15, 0.2) is 0 Å². The number of rotatable bonds is 9. The second kappa shape index (κ2) is 10.8. The van der Waals surface area contributed by atoms with E-state index in [1.54, 1.807) is 0 Å². The van der Waals surface area contributed by atoms with Crippen LogP contribution in [0.5, 0.6) is 0 Å². The minimum absolute atomic E-state index is 0.0541. The van der Waals surface area contributed by atoms with Crippen molar-refractivity contribution in [2.75, 3.05) is 52.4 Å². The zero-order valence-corrected chi connectivity index (χ0v) is 21.3. The van der Waals surface area contributed by atoms with Crippen molar-refractivity contribution in [2.45, 2.75) is 72.1 Å². The molecule has 2 unspecified atom stereocenters. The molecule has 5 aliphatic rings. The van der Waals surface area contributed by atoms with Crippen LogP contribution in [0, 0.1) is 23.2 Å². The summed E-state index contributed by atoms with van der Waals surface area (Å²) in [6, 6.07) is 0.0541. The normalized spacial score (nSPS) is 27.1. The van der Waals surface area contributed by atoms with Crippen LogP contribution in [-0.4, -0.2) is 79.0 Å². The van der Waals surface area contributed by atoms with Gasteiger partial charge in [0.25, 0.3) is 0 Å². The molecule has 2 bridgehead atoms. The first-order valence-electron chi connectivity index (χ1n) is 13.6. The number of urea groups is 1. The highest BCUT2D eigenvalue weighted by Gasteiger charge is 2.51. The Kier molecular flexibility index (Phi) is 8.03. The van der Waals surface area contributed by atoms with Gasteiger partial charge in [-0.25, -0.2) is 4.79 Å². The molecule has 0 aromatic rings. The summed E-state index contributed by atoms with van der Waals surface area (Å²) in [5.41, 5.74) is 1.85. The van der Waals surface area contributed by atoms with E-state index >= 15 is 0 Å². The Morgan fingerprint density at radius 1 is 1.15 bits per heavy atom. The fraction of sp³-hybridized carbons (Fsp3) is 0.852. The van der Waals surface area contributed by atoms with Gasteiger partial charge in [-0.1, -0.05) is 51.2 Å². The lowest BCUT2D eigenvalue weighted by atomic mass is 9.49. The molecule has 2 atom stereocenters. The second-order valence-electron chi connectivity index (χ2n) is 11.5. The molecule has 0 radical (unpaired) electrons.